The summed E-state index contributed by atoms with van der Waals surface area (Å²) in [6.45, 7) is 1.32. The number of benzene rings is 1. The molecule has 2 N–H and O–H groups in total. The average Bonchev–Trinajstić information content (AvgIpc) is 2.75. The molecular weight excluding hydrogens is 348 g/mol. The second-order valence-corrected chi connectivity index (χ2v) is 7.45. The molecule has 0 atom stereocenters. The van der Waals surface area contributed by atoms with Crippen LogP contribution in [0.15, 0.2) is 73.2 Å². The Labute approximate surface area is 165 Å². The van der Waals surface area contributed by atoms with Crippen molar-refractivity contribution in [2.24, 2.45) is 5.73 Å². The highest BCUT2D eigenvalue weighted by Crippen LogP contribution is 2.27. The van der Waals surface area contributed by atoms with Gasteiger partial charge >= 0.3 is 0 Å². The van der Waals surface area contributed by atoms with Gasteiger partial charge in [-0.25, -0.2) is 0 Å². The minimum absolute atomic E-state index is 0.0154. The number of nitrogens with zero attached hydrogens (tertiary/aromatic N) is 3. The third-order valence-electron chi connectivity index (χ3n) is 5.44. The molecule has 5 nitrogen and oxygen atoms in total. The summed E-state index contributed by atoms with van der Waals surface area (Å²) in [5.74, 6) is 0.0154. The smallest absolute Gasteiger partial charge is 0.256 e. The first kappa shape index (κ1) is 18.3. The fourth-order valence-electron chi connectivity index (χ4n) is 3.82. The van der Waals surface area contributed by atoms with Gasteiger partial charge in [0, 0.05) is 42.8 Å². The molecule has 0 spiro atoms. The van der Waals surface area contributed by atoms with E-state index in [4.69, 9.17) is 5.73 Å². The number of aromatic nitrogens is 2. The van der Waals surface area contributed by atoms with E-state index in [1.165, 1.54) is 5.56 Å². The van der Waals surface area contributed by atoms with Crippen LogP contribution in [0.3, 0.4) is 0 Å². The summed E-state index contributed by atoms with van der Waals surface area (Å²) < 4.78 is 0. The molecule has 3 heterocycles. The molecule has 0 saturated carbocycles. The van der Waals surface area contributed by atoms with Gasteiger partial charge in [-0.2, -0.15) is 0 Å². The van der Waals surface area contributed by atoms with Crippen molar-refractivity contribution in [3.63, 3.8) is 0 Å². The lowest BCUT2D eigenvalue weighted by Crippen LogP contribution is -2.53. The lowest BCUT2D eigenvalue weighted by Gasteiger charge is -2.39. The van der Waals surface area contributed by atoms with Crippen molar-refractivity contribution >= 4 is 5.91 Å². The highest BCUT2D eigenvalue weighted by molar-refractivity contribution is 5.99. The standard InChI is InChI=1S/C23H24N4O/c24-23(17-18-5-2-1-3-6-18)10-15-27(16-11-23)22(28)20-7-4-12-26-21(20)19-8-13-25-14-9-19/h1-9,12-14H,10-11,15-17,24H2. The number of rotatable bonds is 4. The molecule has 4 rings (SSSR count). The fraction of sp³-hybridized carbons (Fsp3) is 0.261. The SMILES string of the molecule is NC1(Cc2ccccc2)CCN(C(=O)c2cccnc2-c2ccncc2)CC1. The Morgan fingerprint density at radius 1 is 0.964 bits per heavy atom. The second kappa shape index (κ2) is 7.90. The molecule has 1 aliphatic rings. The molecular formula is C23H24N4O. The van der Waals surface area contributed by atoms with E-state index in [1.807, 2.05) is 47.4 Å². The zero-order valence-corrected chi connectivity index (χ0v) is 15.8. The van der Waals surface area contributed by atoms with Gasteiger partial charge in [0.15, 0.2) is 0 Å². The number of hydrogen-bond donors (Lipinski definition) is 1. The first-order chi connectivity index (χ1) is 13.6. The van der Waals surface area contributed by atoms with Crippen LogP contribution in [-0.2, 0) is 6.42 Å². The molecule has 142 valence electrons. The average molecular weight is 372 g/mol. The van der Waals surface area contributed by atoms with Gasteiger partial charge in [-0.15, -0.1) is 0 Å². The number of pyridine rings is 2. The fourth-order valence-corrected chi connectivity index (χ4v) is 3.82. The molecule has 1 saturated heterocycles. The number of hydrogen-bond acceptors (Lipinski definition) is 4. The van der Waals surface area contributed by atoms with E-state index >= 15 is 0 Å². The van der Waals surface area contributed by atoms with Crippen molar-refractivity contribution in [1.29, 1.82) is 0 Å². The predicted octanol–water partition coefficient (Wildman–Crippen LogP) is 3.32. The molecule has 0 bridgehead atoms. The van der Waals surface area contributed by atoms with Crippen LogP contribution in [-0.4, -0.2) is 39.4 Å². The maximum atomic E-state index is 13.2. The van der Waals surface area contributed by atoms with Gasteiger partial charge < -0.3 is 10.6 Å². The Hall–Kier alpha value is -3.05. The second-order valence-electron chi connectivity index (χ2n) is 7.45. The maximum Gasteiger partial charge on any atom is 0.256 e. The lowest BCUT2D eigenvalue weighted by atomic mass is 9.82. The number of likely N-dealkylation sites (tertiary alicyclic amines) is 1. The highest BCUT2D eigenvalue weighted by Gasteiger charge is 2.33. The Kier molecular flexibility index (Phi) is 5.17. The topological polar surface area (TPSA) is 72.1 Å². The minimum atomic E-state index is -0.263. The quantitative estimate of drug-likeness (QED) is 0.763. The van der Waals surface area contributed by atoms with Crippen LogP contribution in [0.1, 0.15) is 28.8 Å². The Morgan fingerprint density at radius 3 is 2.39 bits per heavy atom. The molecule has 3 aromatic rings. The van der Waals surface area contributed by atoms with E-state index in [2.05, 4.69) is 22.1 Å². The summed E-state index contributed by atoms with van der Waals surface area (Å²) in [5.41, 5.74) is 9.86. The zero-order chi connectivity index (χ0) is 19.4. The number of nitrogens with two attached hydrogens (primary N) is 1. The van der Waals surface area contributed by atoms with Gasteiger partial charge in [0.1, 0.15) is 0 Å². The Morgan fingerprint density at radius 2 is 1.68 bits per heavy atom. The van der Waals surface area contributed by atoms with Gasteiger partial charge in [0.2, 0.25) is 0 Å². The summed E-state index contributed by atoms with van der Waals surface area (Å²) in [6.07, 6.45) is 7.56. The van der Waals surface area contributed by atoms with E-state index in [9.17, 15) is 4.79 Å². The van der Waals surface area contributed by atoms with Crippen LogP contribution in [0, 0.1) is 0 Å². The molecule has 0 radical (unpaired) electrons. The van der Waals surface area contributed by atoms with Crippen LogP contribution >= 0.6 is 0 Å². The van der Waals surface area contributed by atoms with E-state index in [0.29, 0.717) is 24.3 Å². The summed E-state index contributed by atoms with van der Waals surface area (Å²) >= 11 is 0. The highest BCUT2D eigenvalue weighted by atomic mass is 16.2. The molecule has 1 fully saturated rings. The first-order valence-electron chi connectivity index (χ1n) is 9.62. The van der Waals surface area contributed by atoms with Crippen molar-refractivity contribution < 1.29 is 4.79 Å². The van der Waals surface area contributed by atoms with Crippen LogP contribution in [0.4, 0.5) is 0 Å². The van der Waals surface area contributed by atoms with Crippen LogP contribution in [0.2, 0.25) is 0 Å². The number of amides is 1. The van der Waals surface area contributed by atoms with Crippen LogP contribution in [0.25, 0.3) is 11.3 Å². The van der Waals surface area contributed by atoms with Crippen molar-refractivity contribution in [2.75, 3.05) is 13.1 Å². The van der Waals surface area contributed by atoms with Gasteiger partial charge in [-0.3, -0.25) is 14.8 Å². The molecule has 1 amide bonds. The summed E-state index contributed by atoms with van der Waals surface area (Å²) in [7, 11) is 0. The molecule has 1 aromatic carbocycles. The van der Waals surface area contributed by atoms with Gasteiger partial charge in [-0.1, -0.05) is 30.3 Å². The van der Waals surface area contributed by atoms with Crippen molar-refractivity contribution in [2.45, 2.75) is 24.8 Å². The van der Waals surface area contributed by atoms with Crippen LogP contribution < -0.4 is 5.73 Å². The minimum Gasteiger partial charge on any atom is -0.338 e. The molecule has 2 aromatic heterocycles. The number of piperidine rings is 1. The third kappa shape index (κ3) is 3.94. The zero-order valence-electron chi connectivity index (χ0n) is 15.8. The lowest BCUT2D eigenvalue weighted by molar-refractivity contribution is 0.0671. The number of carbonyl (C=O) groups excluding carboxylic acids is 1. The Balaban J connectivity index is 1.48. The number of carbonyl (C=O) groups is 1. The van der Waals surface area contributed by atoms with Crippen molar-refractivity contribution in [3.05, 3.63) is 84.3 Å². The van der Waals surface area contributed by atoms with E-state index in [1.54, 1.807) is 18.6 Å². The van der Waals surface area contributed by atoms with Crippen molar-refractivity contribution in [3.8, 4) is 11.3 Å². The normalized spacial score (nSPS) is 16.0. The summed E-state index contributed by atoms with van der Waals surface area (Å²) in [5, 5.41) is 0. The molecule has 5 heteroatoms. The Bertz CT molecular complexity index is 935. The van der Waals surface area contributed by atoms with Crippen molar-refractivity contribution in [1.82, 2.24) is 14.9 Å². The van der Waals surface area contributed by atoms with E-state index in [-0.39, 0.29) is 11.4 Å². The predicted molar refractivity (Wildman–Crippen MR) is 110 cm³/mol. The van der Waals surface area contributed by atoms with E-state index in [0.717, 1.165) is 24.8 Å². The first-order valence-corrected chi connectivity index (χ1v) is 9.62. The van der Waals surface area contributed by atoms with E-state index < -0.39 is 0 Å². The molecule has 1 aliphatic heterocycles. The van der Waals surface area contributed by atoms with Gasteiger partial charge in [0.25, 0.3) is 5.91 Å². The summed E-state index contributed by atoms with van der Waals surface area (Å²) in [6, 6.07) is 17.7. The van der Waals surface area contributed by atoms with Gasteiger partial charge in [0.05, 0.1) is 11.3 Å². The maximum absolute atomic E-state index is 13.2. The van der Waals surface area contributed by atoms with Gasteiger partial charge in [-0.05, 0) is 49.1 Å². The molecule has 0 aliphatic carbocycles. The van der Waals surface area contributed by atoms with Crippen LogP contribution in [0.5, 0.6) is 0 Å². The molecule has 28 heavy (non-hydrogen) atoms. The molecule has 0 unspecified atom stereocenters. The third-order valence-corrected chi connectivity index (χ3v) is 5.44. The largest absolute Gasteiger partial charge is 0.338 e. The monoisotopic (exact) mass is 372 g/mol. The summed E-state index contributed by atoms with van der Waals surface area (Å²) in [4.78, 5) is 23.6.